The molecule has 2 nitrogen and oxygen atoms in total. The molecule has 0 aliphatic heterocycles. The van der Waals surface area contributed by atoms with Crippen molar-refractivity contribution in [3.8, 4) is 0 Å². The molecule has 1 N–H and O–H groups in total. The molecule has 0 heterocycles. The number of fused-ring (bicyclic) bond motifs is 2. The maximum absolute atomic E-state index is 12.1. The fraction of sp³-hybridized carbons (Fsp3) is 0.235. The summed E-state index contributed by atoms with van der Waals surface area (Å²) >= 11 is 0. The van der Waals surface area contributed by atoms with Crippen LogP contribution in [0.2, 0.25) is 0 Å². The first-order chi connectivity index (χ1) is 9.36. The minimum absolute atomic E-state index is 0.160. The number of aliphatic hydroxyl groups is 1. The second kappa shape index (κ2) is 7.49. The van der Waals surface area contributed by atoms with Crippen LogP contribution in [0.15, 0.2) is 48.5 Å². The van der Waals surface area contributed by atoms with E-state index < -0.39 is 0 Å². The van der Waals surface area contributed by atoms with Crippen molar-refractivity contribution in [3.63, 3.8) is 0 Å². The van der Waals surface area contributed by atoms with E-state index in [-0.39, 0.29) is 5.78 Å². The van der Waals surface area contributed by atoms with Gasteiger partial charge < -0.3 is 5.11 Å². The summed E-state index contributed by atoms with van der Waals surface area (Å²) in [5.74, 6) is 0.160. The Kier molecular flexibility index (Phi) is 5.97. The van der Waals surface area contributed by atoms with Crippen molar-refractivity contribution in [2.75, 3.05) is 7.11 Å². The minimum atomic E-state index is 0.160. The summed E-state index contributed by atoms with van der Waals surface area (Å²) < 4.78 is 0. The third kappa shape index (κ3) is 3.09. The summed E-state index contributed by atoms with van der Waals surface area (Å²) in [5.41, 5.74) is 4.00. The molecule has 0 saturated carbocycles. The first kappa shape index (κ1) is 15.1. The van der Waals surface area contributed by atoms with Crippen LogP contribution in [-0.2, 0) is 6.42 Å². The Balaban J connectivity index is 0.000000415. The van der Waals surface area contributed by atoms with E-state index in [4.69, 9.17) is 5.11 Å². The molecule has 0 unspecified atom stereocenters. The zero-order valence-electron chi connectivity index (χ0n) is 11.7. The molecule has 1 aliphatic carbocycles. The molecule has 100 valence electrons. The van der Waals surface area contributed by atoms with Gasteiger partial charge in [0, 0.05) is 18.2 Å². The molecule has 0 amide bonds. The maximum Gasteiger partial charge on any atom is 0.193 e. The monoisotopic (exact) mass is 256 g/mol. The highest BCUT2D eigenvalue weighted by Crippen LogP contribution is 2.26. The fourth-order valence-electron chi connectivity index (χ4n) is 2.14. The largest absolute Gasteiger partial charge is 0.400 e. The van der Waals surface area contributed by atoms with Crippen LogP contribution < -0.4 is 0 Å². The van der Waals surface area contributed by atoms with Crippen molar-refractivity contribution in [1.82, 2.24) is 0 Å². The lowest BCUT2D eigenvalue weighted by molar-refractivity contribution is 0.103. The molecule has 0 fully saturated rings. The number of carbonyl (C=O) groups excluding carboxylic acids is 1. The molecule has 0 radical (unpaired) electrons. The highest BCUT2D eigenvalue weighted by atomic mass is 16.2. The standard InChI is InChI=1S/C14H10O.C2H6.CH4O/c15-14-12-7-3-1-5-10(12)9-11-6-2-4-8-13(11)14;2*1-2/h1-8H,9H2;1-2H3;2H,1H3. The number of hydrogen-bond acceptors (Lipinski definition) is 2. The van der Waals surface area contributed by atoms with Gasteiger partial charge in [0.15, 0.2) is 5.78 Å². The third-order valence-corrected chi connectivity index (χ3v) is 2.90. The Morgan fingerprint density at radius 2 is 1.16 bits per heavy atom. The number of ketones is 1. The second-order valence-corrected chi connectivity index (χ2v) is 3.82. The molecule has 2 aromatic rings. The molecule has 2 heteroatoms. The van der Waals surface area contributed by atoms with Gasteiger partial charge in [0.1, 0.15) is 0 Å². The smallest absolute Gasteiger partial charge is 0.193 e. The Morgan fingerprint density at radius 3 is 1.58 bits per heavy atom. The van der Waals surface area contributed by atoms with Crippen LogP contribution in [0, 0.1) is 0 Å². The average molecular weight is 256 g/mol. The summed E-state index contributed by atoms with van der Waals surface area (Å²) in [5, 5.41) is 7.00. The predicted octanol–water partition coefficient (Wildman–Crippen LogP) is 3.46. The molecule has 2 aromatic carbocycles. The average Bonchev–Trinajstić information content (AvgIpc) is 2.52. The molecule has 1 aliphatic rings. The SMILES string of the molecule is CC.CO.O=C1c2ccccc2Cc2ccccc21. The molecular formula is C17H20O2. The molecule has 0 spiro atoms. The van der Waals surface area contributed by atoms with Crippen LogP contribution in [0.25, 0.3) is 0 Å². The zero-order valence-corrected chi connectivity index (χ0v) is 11.7. The lowest BCUT2D eigenvalue weighted by Crippen LogP contribution is -2.14. The van der Waals surface area contributed by atoms with E-state index in [0.717, 1.165) is 35.8 Å². The topological polar surface area (TPSA) is 37.3 Å². The number of benzene rings is 2. The lowest BCUT2D eigenvalue weighted by Gasteiger charge is -2.17. The Bertz CT molecular complexity index is 497. The van der Waals surface area contributed by atoms with Gasteiger partial charge in [0.25, 0.3) is 0 Å². The van der Waals surface area contributed by atoms with Crippen molar-refractivity contribution >= 4 is 5.78 Å². The molecule has 19 heavy (non-hydrogen) atoms. The predicted molar refractivity (Wildman–Crippen MR) is 78.6 cm³/mol. The summed E-state index contributed by atoms with van der Waals surface area (Å²) in [6.45, 7) is 4.00. The van der Waals surface area contributed by atoms with Crippen LogP contribution in [0.5, 0.6) is 0 Å². The summed E-state index contributed by atoms with van der Waals surface area (Å²) in [4.78, 5) is 12.1. The van der Waals surface area contributed by atoms with Crippen molar-refractivity contribution in [2.24, 2.45) is 0 Å². The van der Waals surface area contributed by atoms with Gasteiger partial charge in [-0.05, 0) is 17.5 Å². The van der Waals surface area contributed by atoms with E-state index in [1.54, 1.807) is 0 Å². The summed E-state index contributed by atoms with van der Waals surface area (Å²) in [6.07, 6.45) is 0.873. The molecule has 0 saturated heterocycles. The number of hydrogen-bond donors (Lipinski definition) is 1. The third-order valence-electron chi connectivity index (χ3n) is 2.90. The first-order valence-electron chi connectivity index (χ1n) is 6.51. The van der Waals surface area contributed by atoms with Gasteiger partial charge >= 0.3 is 0 Å². The van der Waals surface area contributed by atoms with Gasteiger partial charge in [-0.3, -0.25) is 4.79 Å². The van der Waals surface area contributed by atoms with E-state index in [1.807, 2.05) is 62.4 Å². The van der Waals surface area contributed by atoms with Crippen molar-refractivity contribution < 1.29 is 9.90 Å². The number of aliphatic hydroxyl groups excluding tert-OH is 1. The first-order valence-corrected chi connectivity index (χ1v) is 6.51. The Labute approximate surface area is 114 Å². The zero-order chi connectivity index (χ0) is 14.3. The van der Waals surface area contributed by atoms with Gasteiger partial charge in [-0.15, -0.1) is 0 Å². The summed E-state index contributed by atoms with van der Waals surface area (Å²) in [7, 11) is 1.00. The number of rotatable bonds is 0. The minimum Gasteiger partial charge on any atom is -0.400 e. The molecule has 0 bridgehead atoms. The van der Waals surface area contributed by atoms with Crippen LogP contribution in [-0.4, -0.2) is 18.0 Å². The molecule has 3 rings (SSSR count). The van der Waals surface area contributed by atoms with Gasteiger partial charge in [-0.2, -0.15) is 0 Å². The molecule has 0 atom stereocenters. The van der Waals surface area contributed by atoms with Crippen LogP contribution in [0.3, 0.4) is 0 Å². The Hall–Kier alpha value is -1.93. The summed E-state index contributed by atoms with van der Waals surface area (Å²) in [6, 6.07) is 15.7. The van der Waals surface area contributed by atoms with E-state index in [1.165, 1.54) is 0 Å². The quantitative estimate of drug-likeness (QED) is 0.669. The van der Waals surface area contributed by atoms with Gasteiger partial charge in [0.2, 0.25) is 0 Å². The van der Waals surface area contributed by atoms with Gasteiger partial charge in [-0.1, -0.05) is 62.4 Å². The van der Waals surface area contributed by atoms with Crippen molar-refractivity contribution in [3.05, 3.63) is 70.8 Å². The number of carbonyl (C=O) groups is 1. The van der Waals surface area contributed by atoms with Gasteiger partial charge in [-0.25, -0.2) is 0 Å². The molecule has 0 aromatic heterocycles. The van der Waals surface area contributed by atoms with Crippen LogP contribution in [0.4, 0.5) is 0 Å². The second-order valence-electron chi connectivity index (χ2n) is 3.82. The van der Waals surface area contributed by atoms with Crippen LogP contribution in [0.1, 0.15) is 40.9 Å². The van der Waals surface area contributed by atoms with E-state index in [9.17, 15) is 4.79 Å². The van der Waals surface area contributed by atoms with Gasteiger partial charge in [0.05, 0.1) is 0 Å². The normalized spacial score (nSPS) is 11.1. The van der Waals surface area contributed by atoms with Crippen LogP contribution >= 0.6 is 0 Å². The molecular weight excluding hydrogens is 236 g/mol. The van der Waals surface area contributed by atoms with E-state index in [2.05, 4.69) is 0 Å². The Morgan fingerprint density at radius 1 is 0.789 bits per heavy atom. The highest BCUT2D eigenvalue weighted by Gasteiger charge is 2.21. The van der Waals surface area contributed by atoms with E-state index in [0.29, 0.717) is 0 Å². The van der Waals surface area contributed by atoms with Crippen molar-refractivity contribution in [2.45, 2.75) is 20.3 Å². The van der Waals surface area contributed by atoms with Crippen molar-refractivity contribution in [1.29, 1.82) is 0 Å². The highest BCUT2D eigenvalue weighted by molar-refractivity contribution is 6.12. The van der Waals surface area contributed by atoms with E-state index >= 15 is 0 Å². The lowest BCUT2D eigenvalue weighted by atomic mass is 9.85. The fourth-order valence-corrected chi connectivity index (χ4v) is 2.14. The maximum atomic E-state index is 12.1.